The van der Waals surface area contributed by atoms with Crippen molar-refractivity contribution in [3.63, 3.8) is 0 Å². The molecule has 5 nitrogen and oxygen atoms in total. The van der Waals surface area contributed by atoms with Gasteiger partial charge in [-0.1, -0.05) is 13.8 Å². The molecule has 3 aromatic rings. The van der Waals surface area contributed by atoms with E-state index < -0.39 is 0 Å². The zero-order valence-electron chi connectivity index (χ0n) is 15.9. The van der Waals surface area contributed by atoms with Gasteiger partial charge >= 0.3 is 0 Å². The summed E-state index contributed by atoms with van der Waals surface area (Å²) in [6, 6.07) is 15.1. The zero-order valence-corrected chi connectivity index (χ0v) is 15.9. The normalized spacial score (nSPS) is 10.7. The van der Waals surface area contributed by atoms with Crippen LogP contribution >= 0.6 is 0 Å². The van der Waals surface area contributed by atoms with E-state index in [1.807, 2.05) is 12.1 Å². The van der Waals surface area contributed by atoms with Crippen LogP contribution in [0.3, 0.4) is 0 Å². The van der Waals surface area contributed by atoms with Gasteiger partial charge in [-0.2, -0.15) is 0 Å². The van der Waals surface area contributed by atoms with Crippen LogP contribution in [0.4, 0.5) is 15.9 Å². The van der Waals surface area contributed by atoms with Crippen molar-refractivity contribution in [1.29, 1.82) is 0 Å². The minimum Gasteiger partial charge on any atom is -0.352 e. The van der Waals surface area contributed by atoms with Crippen molar-refractivity contribution < 1.29 is 9.18 Å². The summed E-state index contributed by atoms with van der Waals surface area (Å²) in [5.74, 6) is 0.806. The summed E-state index contributed by atoms with van der Waals surface area (Å²) < 4.78 is 13.1. The molecule has 2 aromatic carbocycles. The Hall–Kier alpha value is -3.28. The first-order valence-corrected chi connectivity index (χ1v) is 9.24. The van der Waals surface area contributed by atoms with Gasteiger partial charge < -0.3 is 10.6 Å². The molecular formula is C22H23FN4O. The second-order valence-electron chi connectivity index (χ2n) is 6.94. The van der Waals surface area contributed by atoms with Crippen LogP contribution < -0.4 is 10.6 Å². The van der Waals surface area contributed by atoms with Crippen molar-refractivity contribution in [2.45, 2.75) is 20.3 Å². The Labute approximate surface area is 164 Å². The molecule has 0 unspecified atom stereocenters. The highest BCUT2D eigenvalue weighted by Crippen LogP contribution is 2.21. The molecule has 0 aliphatic carbocycles. The fourth-order valence-corrected chi connectivity index (χ4v) is 2.63. The molecule has 1 aromatic heterocycles. The van der Waals surface area contributed by atoms with Gasteiger partial charge in [0.1, 0.15) is 18.0 Å². The molecule has 0 atom stereocenters. The van der Waals surface area contributed by atoms with E-state index in [2.05, 4.69) is 34.4 Å². The molecule has 0 saturated carbocycles. The molecule has 0 aliphatic heterocycles. The molecule has 1 heterocycles. The topological polar surface area (TPSA) is 66.9 Å². The predicted molar refractivity (Wildman–Crippen MR) is 109 cm³/mol. The third-order valence-corrected chi connectivity index (χ3v) is 4.23. The van der Waals surface area contributed by atoms with Crippen molar-refractivity contribution >= 4 is 17.4 Å². The highest BCUT2D eigenvalue weighted by Gasteiger charge is 2.07. The molecule has 28 heavy (non-hydrogen) atoms. The fourth-order valence-electron chi connectivity index (χ4n) is 2.63. The fraction of sp³-hybridized carbons (Fsp3) is 0.227. The highest BCUT2D eigenvalue weighted by atomic mass is 19.1. The van der Waals surface area contributed by atoms with Gasteiger partial charge in [0.25, 0.3) is 5.91 Å². The summed E-state index contributed by atoms with van der Waals surface area (Å²) in [5, 5.41) is 6.12. The molecule has 2 N–H and O–H groups in total. The number of anilines is 2. The standard InChI is InChI=1S/C22H23FN4O/c1-15(2)11-12-24-22(28)17-5-9-19(10-6-17)27-21-13-20(25-14-26-21)16-3-7-18(23)8-4-16/h3-10,13-15H,11-12H2,1-2H3,(H,24,28)(H,25,26,27). The molecule has 0 saturated heterocycles. The molecule has 0 fully saturated rings. The average molecular weight is 378 g/mol. The van der Waals surface area contributed by atoms with E-state index in [1.54, 1.807) is 30.3 Å². The number of nitrogens with one attached hydrogen (secondary N) is 2. The molecule has 0 spiro atoms. The van der Waals surface area contributed by atoms with Gasteiger partial charge in [-0.25, -0.2) is 14.4 Å². The number of halogens is 1. The van der Waals surface area contributed by atoms with Crippen molar-refractivity contribution in [2.75, 3.05) is 11.9 Å². The Kier molecular flexibility index (Phi) is 6.32. The quantitative estimate of drug-likeness (QED) is 0.620. The van der Waals surface area contributed by atoms with Crippen LogP contribution in [0.15, 0.2) is 60.9 Å². The third kappa shape index (κ3) is 5.36. The Bertz CT molecular complexity index is 924. The maximum Gasteiger partial charge on any atom is 0.251 e. The van der Waals surface area contributed by atoms with Crippen LogP contribution in [0.1, 0.15) is 30.6 Å². The molecule has 0 bridgehead atoms. The second-order valence-corrected chi connectivity index (χ2v) is 6.94. The summed E-state index contributed by atoms with van der Waals surface area (Å²) in [7, 11) is 0. The average Bonchev–Trinajstić information content (AvgIpc) is 2.69. The number of hydrogen-bond donors (Lipinski definition) is 2. The van der Waals surface area contributed by atoms with Crippen molar-refractivity contribution in [1.82, 2.24) is 15.3 Å². The van der Waals surface area contributed by atoms with E-state index in [4.69, 9.17) is 0 Å². The Balaban J connectivity index is 1.65. The molecule has 0 aliphatic rings. The van der Waals surface area contributed by atoms with Gasteiger partial charge in [0.15, 0.2) is 0 Å². The second kappa shape index (κ2) is 9.08. The number of carbonyl (C=O) groups excluding carboxylic acids is 1. The Morgan fingerprint density at radius 2 is 1.75 bits per heavy atom. The van der Waals surface area contributed by atoms with Crippen LogP contribution in [-0.2, 0) is 0 Å². The number of carbonyl (C=O) groups is 1. The summed E-state index contributed by atoms with van der Waals surface area (Å²) >= 11 is 0. The highest BCUT2D eigenvalue weighted by molar-refractivity contribution is 5.94. The van der Waals surface area contributed by atoms with E-state index in [1.165, 1.54) is 18.5 Å². The van der Waals surface area contributed by atoms with E-state index in [0.717, 1.165) is 17.7 Å². The number of amides is 1. The lowest BCUT2D eigenvalue weighted by molar-refractivity contribution is 0.0952. The SMILES string of the molecule is CC(C)CCNC(=O)c1ccc(Nc2cc(-c3ccc(F)cc3)ncn2)cc1. The minimum absolute atomic E-state index is 0.0761. The first-order chi connectivity index (χ1) is 13.5. The molecular weight excluding hydrogens is 355 g/mol. The lowest BCUT2D eigenvalue weighted by Gasteiger charge is -2.09. The van der Waals surface area contributed by atoms with E-state index >= 15 is 0 Å². The Morgan fingerprint density at radius 1 is 1.04 bits per heavy atom. The number of aromatic nitrogens is 2. The molecule has 144 valence electrons. The van der Waals surface area contributed by atoms with Crippen LogP contribution in [-0.4, -0.2) is 22.4 Å². The molecule has 3 rings (SSSR count). The van der Waals surface area contributed by atoms with Gasteiger partial charge in [-0.15, -0.1) is 0 Å². The summed E-state index contributed by atoms with van der Waals surface area (Å²) in [6.07, 6.45) is 2.41. The van der Waals surface area contributed by atoms with Crippen LogP contribution in [0.25, 0.3) is 11.3 Å². The maximum absolute atomic E-state index is 13.1. The number of nitrogens with zero attached hydrogens (tertiary/aromatic N) is 2. The summed E-state index contributed by atoms with van der Waals surface area (Å²) in [4.78, 5) is 20.6. The smallest absolute Gasteiger partial charge is 0.251 e. The van der Waals surface area contributed by atoms with Crippen LogP contribution in [0, 0.1) is 11.7 Å². The van der Waals surface area contributed by atoms with Crippen molar-refractivity contribution in [2.24, 2.45) is 5.92 Å². The van der Waals surface area contributed by atoms with Gasteiger partial charge in [0, 0.05) is 29.4 Å². The van der Waals surface area contributed by atoms with E-state index in [-0.39, 0.29) is 11.7 Å². The summed E-state index contributed by atoms with van der Waals surface area (Å²) in [5.41, 5.74) is 2.92. The lowest BCUT2D eigenvalue weighted by atomic mass is 10.1. The predicted octanol–water partition coefficient (Wildman–Crippen LogP) is 4.80. The third-order valence-electron chi connectivity index (χ3n) is 4.23. The van der Waals surface area contributed by atoms with Crippen LogP contribution in [0.5, 0.6) is 0 Å². The first kappa shape index (κ1) is 19.5. The van der Waals surface area contributed by atoms with E-state index in [0.29, 0.717) is 29.5 Å². The first-order valence-electron chi connectivity index (χ1n) is 9.24. The molecule has 1 amide bonds. The molecule has 0 radical (unpaired) electrons. The van der Waals surface area contributed by atoms with Crippen molar-refractivity contribution in [3.05, 3.63) is 72.3 Å². The van der Waals surface area contributed by atoms with E-state index in [9.17, 15) is 9.18 Å². The van der Waals surface area contributed by atoms with Gasteiger partial charge in [0.2, 0.25) is 0 Å². The number of rotatable bonds is 7. The zero-order chi connectivity index (χ0) is 19.9. The maximum atomic E-state index is 13.1. The van der Waals surface area contributed by atoms with Gasteiger partial charge in [0.05, 0.1) is 5.69 Å². The Morgan fingerprint density at radius 3 is 2.43 bits per heavy atom. The minimum atomic E-state index is -0.288. The number of benzene rings is 2. The summed E-state index contributed by atoms with van der Waals surface area (Å²) in [6.45, 7) is 4.92. The van der Waals surface area contributed by atoms with Gasteiger partial charge in [-0.3, -0.25) is 4.79 Å². The largest absolute Gasteiger partial charge is 0.352 e. The van der Waals surface area contributed by atoms with Gasteiger partial charge in [-0.05, 0) is 60.9 Å². The number of hydrogen-bond acceptors (Lipinski definition) is 4. The monoisotopic (exact) mass is 378 g/mol. The van der Waals surface area contributed by atoms with Crippen LogP contribution in [0.2, 0.25) is 0 Å². The lowest BCUT2D eigenvalue weighted by Crippen LogP contribution is -2.25. The molecule has 6 heteroatoms. The van der Waals surface area contributed by atoms with Crippen molar-refractivity contribution in [3.8, 4) is 11.3 Å².